The standard InChI is InChI=1S/C37H43NO5/c39-35-32-20-14-18-30(26-32)22-23-31-19-15-21-33(27-31)36(40)42-24-12-7-5-3-1-2-4-6-8-13-25-43-37(41)34(38-35)28-29-16-10-9-11-17-29/h9-11,14-23,26-27,34H,1-8,12-13,24-25,28H2,(H,38,39)/b23-22-/t34-/m0/s1. The van der Waals surface area contributed by atoms with Gasteiger partial charge in [0.25, 0.3) is 5.91 Å². The molecule has 6 heteroatoms. The number of amides is 1. The van der Waals surface area contributed by atoms with E-state index >= 15 is 0 Å². The van der Waals surface area contributed by atoms with Gasteiger partial charge >= 0.3 is 11.9 Å². The number of cyclic esters (lactones) is 2. The normalized spacial score (nSPS) is 19.3. The number of carbonyl (C=O) groups excluding carboxylic acids is 3. The first-order valence-electron chi connectivity index (χ1n) is 15.7. The molecule has 0 spiro atoms. The molecule has 0 unspecified atom stereocenters. The van der Waals surface area contributed by atoms with Crippen LogP contribution in [0.5, 0.6) is 0 Å². The van der Waals surface area contributed by atoms with Crippen molar-refractivity contribution in [3.8, 4) is 0 Å². The fraction of sp³-hybridized carbons (Fsp3) is 0.378. The van der Waals surface area contributed by atoms with E-state index < -0.39 is 12.0 Å². The third-order valence-electron chi connectivity index (χ3n) is 7.63. The molecule has 0 aliphatic carbocycles. The fourth-order valence-electron chi connectivity index (χ4n) is 5.17. The lowest BCUT2D eigenvalue weighted by atomic mass is 10.0. The van der Waals surface area contributed by atoms with E-state index in [2.05, 4.69) is 5.32 Å². The summed E-state index contributed by atoms with van der Waals surface area (Å²) in [5.74, 6) is -1.06. The maximum absolute atomic E-state index is 13.3. The molecule has 1 aliphatic heterocycles. The highest BCUT2D eigenvalue weighted by molar-refractivity contribution is 5.97. The minimum atomic E-state index is -0.792. The van der Waals surface area contributed by atoms with E-state index in [1.807, 2.05) is 72.8 Å². The Bertz CT molecular complexity index is 1350. The first-order valence-corrected chi connectivity index (χ1v) is 15.7. The maximum Gasteiger partial charge on any atom is 0.338 e. The van der Waals surface area contributed by atoms with Crippen molar-refractivity contribution < 1.29 is 23.9 Å². The van der Waals surface area contributed by atoms with Crippen molar-refractivity contribution in [3.05, 3.63) is 107 Å². The van der Waals surface area contributed by atoms with Gasteiger partial charge in [-0.05, 0) is 53.8 Å². The highest BCUT2D eigenvalue weighted by Gasteiger charge is 2.23. The van der Waals surface area contributed by atoms with Crippen LogP contribution in [-0.4, -0.2) is 37.1 Å². The largest absolute Gasteiger partial charge is 0.464 e. The molecule has 3 aromatic rings. The van der Waals surface area contributed by atoms with Gasteiger partial charge in [-0.15, -0.1) is 0 Å². The van der Waals surface area contributed by atoms with Crippen molar-refractivity contribution in [3.63, 3.8) is 0 Å². The van der Waals surface area contributed by atoms with Crippen LogP contribution in [0, 0.1) is 0 Å². The lowest BCUT2D eigenvalue weighted by Crippen LogP contribution is -2.43. The summed E-state index contributed by atoms with van der Waals surface area (Å²) in [6.07, 6.45) is 14.9. The Balaban J connectivity index is 1.48. The number of carbonyl (C=O) groups is 3. The van der Waals surface area contributed by atoms with Crippen molar-refractivity contribution in [1.82, 2.24) is 5.32 Å². The van der Waals surface area contributed by atoms with Gasteiger partial charge in [0.05, 0.1) is 18.8 Å². The van der Waals surface area contributed by atoms with Crippen molar-refractivity contribution in [2.45, 2.75) is 76.7 Å². The molecule has 1 aliphatic rings. The van der Waals surface area contributed by atoms with Gasteiger partial charge in [0.1, 0.15) is 6.04 Å². The molecule has 0 aromatic heterocycles. The third kappa shape index (κ3) is 11.2. The molecule has 43 heavy (non-hydrogen) atoms. The molecule has 1 heterocycles. The van der Waals surface area contributed by atoms with Crippen LogP contribution >= 0.6 is 0 Å². The minimum Gasteiger partial charge on any atom is -0.464 e. The number of ether oxygens (including phenoxy) is 2. The lowest BCUT2D eigenvalue weighted by Gasteiger charge is -2.18. The Morgan fingerprint density at radius 2 is 1.12 bits per heavy atom. The molecular weight excluding hydrogens is 538 g/mol. The Hall–Kier alpha value is -4.19. The van der Waals surface area contributed by atoms with Gasteiger partial charge in [-0.25, -0.2) is 9.59 Å². The SMILES string of the molecule is O=C1N[C@@H](Cc2ccccc2)C(=O)OCCCCCCCCCCCCOC(=O)c2cccc(c2)/C=C\c2cccc1c2. The van der Waals surface area contributed by atoms with Gasteiger partial charge in [-0.2, -0.15) is 0 Å². The van der Waals surface area contributed by atoms with Crippen LogP contribution in [0.25, 0.3) is 12.2 Å². The Morgan fingerprint density at radius 1 is 0.581 bits per heavy atom. The summed E-state index contributed by atoms with van der Waals surface area (Å²) < 4.78 is 11.1. The number of hydrogen-bond acceptors (Lipinski definition) is 5. The van der Waals surface area contributed by atoms with E-state index in [1.54, 1.807) is 18.2 Å². The van der Waals surface area contributed by atoms with Crippen molar-refractivity contribution in [2.75, 3.05) is 13.2 Å². The fourth-order valence-corrected chi connectivity index (χ4v) is 5.17. The number of nitrogens with one attached hydrogen (secondary N) is 1. The van der Waals surface area contributed by atoms with Gasteiger partial charge in [0.15, 0.2) is 0 Å². The number of benzene rings is 3. The lowest BCUT2D eigenvalue weighted by molar-refractivity contribution is -0.146. The average Bonchev–Trinajstić information content (AvgIpc) is 3.03. The summed E-state index contributed by atoms with van der Waals surface area (Å²) in [6.45, 7) is 0.788. The zero-order valence-corrected chi connectivity index (χ0v) is 25.0. The Kier molecular flexibility index (Phi) is 13.1. The minimum absolute atomic E-state index is 0.310. The van der Waals surface area contributed by atoms with E-state index in [0.717, 1.165) is 55.2 Å². The van der Waals surface area contributed by atoms with E-state index in [4.69, 9.17) is 9.47 Å². The molecule has 1 atom stereocenters. The van der Waals surface area contributed by atoms with Crippen LogP contribution in [0.4, 0.5) is 0 Å². The highest BCUT2D eigenvalue weighted by atomic mass is 16.5. The van der Waals surface area contributed by atoms with E-state index in [9.17, 15) is 14.4 Å². The molecule has 4 bridgehead atoms. The maximum atomic E-state index is 13.3. The van der Waals surface area contributed by atoms with Crippen molar-refractivity contribution >= 4 is 30.0 Å². The smallest absolute Gasteiger partial charge is 0.338 e. The topological polar surface area (TPSA) is 81.7 Å². The summed E-state index contributed by atoms with van der Waals surface area (Å²) in [6, 6.07) is 23.4. The molecule has 6 nitrogen and oxygen atoms in total. The van der Waals surface area contributed by atoms with Gasteiger partial charge in [0, 0.05) is 12.0 Å². The number of fused-ring (bicyclic) bond motifs is 4. The predicted octanol–water partition coefficient (Wildman–Crippen LogP) is 7.81. The molecular formula is C37H43NO5. The van der Waals surface area contributed by atoms with Crippen molar-refractivity contribution in [1.29, 1.82) is 0 Å². The number of esters is 2. The molecule has 0 saturated carbocycles. The molecule has 0 saturated heterocycles. The van der Waals surface area contributed by atoms with Crippen molar-refractivity contribution in [2.24, 2.45) is 0 Å². The van der Waals surface area contributed by atoms with Crippen LogP contribution in [0.2, 0.25) is 0 Å². The molecule has 3 aromatic carbocycles. The number of hydrogen-bond donors (Lipinski definition) is 1. The summed E-state index contributed by atoms with van der Waals surface area (Å²) in [7, 11) is 0. The van der Waals surface area contributed by atoms with Crippen LogP contribution in [-0.2, 0) is 20.7 Å². The first kappa shape index (κ1) is 31.7. The summed E-state index contributed by atoms with van der Waals surface area (Å²) >= 11 is 0. The quantitative estimate of drug-likeness (QED) is 0.312. The predicted molar refractivity (Wildman–Crippen MR) is 171 cm³/mol. The second kappa shape index (κ2) is 17.7. The molecule has 4 rings (SSSR count). The summed E-state index contributed by atoms with van der Waals surface area (Å²) in [4.78, 5) is 39.0. The summed E-state index contributed by atoms with van der Waals surface area (Å²) in [5.41, 5.74) is 3.59. The molecule has 226 valence electrons. The molecule has 0 fully saturated rings. The second-order valence-electron chi connectivity index (χ2n) is 11.1. The third-order valence-corrected chi connectivity index (χ3v) is 7.63. The van der Waals surface area contributed by atoms with Crippen LogP contribution in [0.15, 0.2) is 78.9 Å². The molecule has 0 radical (unpaired) electrons. The summed E-state index contributed by atoms with van der Waals surface area (Å²) in [5, 5.41) is 2.91. The average molecular weight is 582 g/mol. The monoisotopic (exact) mass is 581 g/mol. The molecule has 1 amide bonds. The van der Waals surface area contributed by atoms with Gasteiger partial charge in [-0.1, -0.05) is 118 Å². The van der Waals surface area contributed by atoms with Crippen LogP contribution < -0.4 is 5.32 Å². The van der Waals surface area contributed by atoms with E-state index in [0.29, 0.717) is 30.8 Å². The number of rotatable bonds is 2. The Morgan fingerprint density at radius 3 is 1.74 bits per heavy atom. The van der Waals surface area contributed by atoms with Crippen LogP contribution in [0.3, 0.4) is 0 Å². The van der Waals surface area contributed by atoms with Gasteiger partial charge in [-0.3, -0.25) is 4.79 Å². The van der Waals surface area contributed by atoms with Gasteiger partial charge < -0.3 is 14.8 Å². The Labute approximate surface area is 255 Å². The highest BCUT2D eigenvalue weighted by Crippen LogP contribution is 2.15. The van der Waals surface area contributed by atoms with E-state index in [1.165, 1.54) is 25.7 Å². The van der Waals surface area contributed by atoms with E-state index in [-0.39, 0.29) is 11.9 Å². The van der Waals surface area contributed by atoms with Gasteiger partial charge in [0.2, 0.25) is 0 Å². The zero-order chi connectivity index (χ0) is 30.1. The molecule has 1 N–H and O–H groups in total. The zero-order valence-electron chi connectivity index (χ0n) is 25.0. The second-order valence-corrected chi connectivity index (χ2v) is 11.1. The first-order chi connectivity index (χ1) is 21.1. The van der Waals surface area contributed by atoms with Crippen LogP contribution in [0.1, 0.15) is 102 Å².